The number of benzene rings is 1. The van der Waals surface area contributed by atoms with Gasteiger partial charge in [-0.05, 0) is 81.2 Å². The van der Waals surface area contributed by atoms with Gasteiger partial charge < -0.3 is 29.6 Å². The number of piperidine rings is 1. The van der Waals surface area contributed by atoms with E-state index in [1.807, 2.05) is 24.6 Å². The SMILES string of the molecule is COc1cc(C(=O)N2C[C@H](N)C[C@@H](F)C2)cc2nc(-c3cc4ccc(C(C)(O)C5CCCC5)nc4n3CC3CC3)n(C)c12. The van der Waals surface area contributed by atoms with E-state index in [4.69, 9.17) is 20.4 Å². The number of hydrogen-bond donors (Lipinski definition) is 2. The van der Waals surface area contributed by atoms with Crippen LogP contribution in [-0.4, -0.2) is 67.4 Å². The summed E-state index contributed by atoms with van der Waals surface area (Å²) in [6.45, 7) is 3.08. The molecule has 1 aromatic carbocycles. The van der Waals surface area contributed by atoms with Crippen LogP contribution in [0.25, 0.3) is 33.6 Å². The number of carbonyl (C=O) groups excluding carboxylic acids is 1. The lowest BCUT2D eigenvalue weighted by atomic mass is 9.84. The minimum atomic E-state index is -1.14. The fraction of sp³-hybridized carbons (Fsp3) is 0.545. The lowest BCUT2D eigenvalue weighted by Crippen LogP contribution is -2.50. The van der Waals surface area contributed by atoms with Crippen molar-refractivity contribution in [1.82, 2.24) is 24.0 Å². The average molecular weight is 589 g/mol. The highest BCUT2D eigenvalue weighted by atomic mass is 19.1. The Morgan fingerprint density at radius 3 is 2.60 bits per heavy atom. The number of imidazole rings is 1. The number of pyridine rings is 1. The number of nitrogens with two attached hydrogens (primary N) is 1. The first kappa shape index (κ1) is 28.3. The molecular weight excluding hydrogens is 547 g/mol. The Morgan fingerprint density at radius 1 is 1.14 bits per heavy atom. The maximum Gasteiger partial charge on any atom is 0.254 e. The second-order valence-electron chi connectivity index (χ2n) is 13.2. The molecule has 1 unspecified atom stereocenters. The number of hydrogen-bond acceptors (Lipinski definition) is 6. The van der Waals surface area contributed by atoms with E-state index in [1.165, 1.54) is 17.7 Å². The number of ether oxygens (including phenoxy) is 1. The maximum absolute atomic E-state index is 14.3. The number of nitrogens with zero attached hydrogens (tertiary/aromatic N) is 5. The van der Waals surface area contributed by atoms with Crippen molar-refractivity contribution >= 4 is 28.0 Å². The van der Waals surface area contributed by atoms with Crippen LogP contribution in [0.1, 0.15) is 67.9 Å². The molecule has 0 radical (unpaired) electrons. The average Bonchev–Trinajstić information content (AvgIpc) is 3.35. The summed E-state index contributed by atoms with van der Waals surface area (Å²) in [5.41, 5.74) is 9.34. The number of halogens is 1. The van der Waals surface area contributed by atoms with E-state index in [-0.39, 0.29) is 30.8 Å². The molecule has 10 heteroatoms. The Morgan fingerprint density at radius 2 is 1.91 bits per heavy atom. The van der Waals surface area contributed by atoms with Crippen LogP contribution < -0.4 is 10.5 Å². The van der Waals surface area contributed by atoms with Gasteiger partial charge in [-0.2, -0.15) is 0 Å². The fourth-order valence-electron chi connectivity index (χ4n) is 7.28. The van der Waals surface area contributed by atoms with Crippen molar-refractivity contribution in [2.24, 2.45) is 24.6 Å². The molecule has 228 valence electrons. The predicted octanol–water partition coefficient (Wildman–Crippen LogP) is 4.92. The normalized spacial score (nSPS) is 22.9. The van der Waals surface area contributed by atoms with Gasteiger partial charge in [0.25, 0.3) is 5.91 Å². The summed E-state index contributed by atoms with van der Waals surface area (Å²) in [5.74, 6) is 1.78. The van der Waals surface area contributed by atoms with Crippen LogP contribution in [-0.2, 0) is 19.2 Å². The van der Waals surface area contributed by atoms with Crippen molar-refractivity contribution in [3.05, 3.63) is 41.6 Å². The second kappa shape index (κ2) is 10.6. The van der Waals surface area contributed by atoms with Gasteiger partial charge in [-0.25, -0.2) is 14.4 Å². The number of amides is 1. The Balaban J connectivity index is 1.32. The third kappa shape index (κ3) is 4.98. The van der Waals surface area contributed by atoms with Gasteiger partial charge in [0, 0.05) is 37.1 Å². The van der Waals surface area contributed by atoms with Gasteiger partial charge in [-0.3, -0.25) is 4.79 Å². The van der Waals surface area contributed by atoms with Crippen molar-refractivity contribution in [2.75, 3.05) is 20.2 Å². The summed E-state index contributed by atoms with van der Waals surface area (Å²) in [7, 11) is 3.53. The van der Waals surface area contributed by atoms with Crippen LogP contribution in [0.4, 0.5) is 4.39 Å². The molecule has 3 aromatic heterocycles. The summed E-state index contributed by atoms with van der Waals surface area (Å²) in [5, 5.41) is 12.6. The third-order valence-electron chi connectivity index (χ3n) is 9.90. The number of aliphatic hydroxyl groups is 1. The predicted molar refractivity (Wildman–Crippen MR) is 164 cm³/mol. The lowest BCUT2D eigenvalue weighted by Gasteiger charge is -2.33. The van der Waals surface area contributed by atoms with E-state index in [2.05, 4.69) is 16.7 Å². The molecule has 0 bridgehead atoms. The molecule has 4 aromatic rings. The highest BCUT2D eigenvalue weighted by molar-refractivity contribution is 6.00. The molecular formula is C33H41FN6O3. The zero-order valence-corrected chi connectivity index (χ0v) is 25.2. The molecule has 2 aliphatic carbocycles. The van der Waals surface area contributed by atoms with Gasteiger partial charge >= 0.3 is 0 Å². The number of methoxy groups -OCH3 is 1. The molecule has 3 fully saturated rings. The van der Waals surface area contributed by atoms with Crippen LogP contribution in [0, 0.1) is 11.8 Å². The van der Waals surface area contributed by atoms with E-state index >= 15 is 0 Å². The molecule has 7 rings (SSSR count). The molecule has 3 atom stereocenters. The fourth-order valence-corrected chi connectivity index (χ4v) is 7.28. The number of likely N-dealkylation sites (tertiary alicyclic amines) is 1. The number of aryl methyl sites for hydroxylation is 1. The molecule has 0 spiro atoms. The molecule has 43 heavy (non-hydrogen) atoms. The minimum Gasteiger partial charge on any atom is -0.494 e. The van der Waals surface area contributed by atoms with Crippen LogP contribution in [0.15, 0.2) is 30.3 Å². The maximum atomic E-state index is 14.3. The van der Waals surface area contributed by atoms with Crippen LogP contribution in [0.2, 0.25) is 0 Å². The second-order valence-corrected chi connectivity index (χ2v) is 13.2. The minimum absolute atomic E-state index is 0.0320. The van der Waals surface area contributed by atoms with Gasteiger partial charge in [0.15, 0.2) is 5.82 Å². The summed E-state index contributed by atoms with van der Waals surface area (Å²) >= 11 is 0. The summed E-state index contributed by atoms with van der Waals surface area (Å²) < 4.78 is 24.3. The zero-order chi connectivity index (χ0) is 30.0. The van der Waals surface area contributed by atoms with Crippen molar-refractivity contribution in [3.63, 3.8) is 0 Å². The highest BCUT2D eigenvalue weighted by Gasteiger charge is 2.37. The van der Waals surface area contributed by atoms with Crippen LogP contribution in [0.3, 0.4) is 0 Å². The number of rotatable bonds is 7. The van der Waals surface area contributed by atoms with Crippen molar-refractivity contribution in [2.45, 2.75) is 76.2 Å². The molecule has 1 aliphatic heterocycles. The van der Waals surface area contributed by atoms with E-state index in [0.717, 1.165) is 66.0 Å². The number of aromatic nitrogens is 4. The van der Waals surface area contributed by atoms with Crippen molar-refractivity contribution < 1.29 is 19.0 Å². The number of fused-ring (bicyclic) bond motifs is 2. The molecule has 9 nitrogen and oxygen atoms in total. The first-order valence-electron chi connectivity index (χ1n) is 15.6. The standard InChI is InChI=1S/C33H41FN6O3/c1-33(42,22-6-4-5-7-22)28-11-10-20-13-26(40(30(20)37-28)16-19-8-9-19)31-36-25-12-21(14-27(43-3)29(25)38(31)2)32(41)39-17-23(34)15-24(35)18-39/h10-14,19,22-24,42H,4-9,15-18,35H2,1-3H3/t23-,24-,33?/m1/s1. The largest absolute Gasteiger partial charge is 0.494 e. The summed E-state index contributed by atoms with van der Waals surface area (Å²) in [6.07, 6.45) is 5.83. The van der Waals surface area contributed by atoms with Crippen LogP contribution in [0.5, 0.6) is 5.75 Å². The molecule has 2 saturated carbocycles. The molecule has 1 saturated heterocycles. The Hall–Kier alpha value is -3.50. The molecule has 3 aliphatic rings. The monoisotopic (exact) mass is 588 g/mol. The van der Waals surface area contributed by atoms with E-state index in [0.29, 0.717) is 29.3 Å². The smallest absolute Gasteiger partial charge is 0.254 e. The molecule has 3 N–H and O–H groups in total. The number of carbonyl (C=O) groups is 1. The van der Waals surface area contributed by atoms with Gasteiger partial charge in [0.05, 0.1) is 30.6 Å². The zero-order valence-electron chi connectivity index (χ0n) is 25.2. The number of alkyl halides is 1. The van der Waals surface area contributed by atoms with Gasteiger partial charge in [-0.15, -0.1) is 0 Å². The van der Waals surface area contributed by atoms with E-state index < -0.39 is 11.8 Å². The van der Waals surface area contributed by atoms with Gasteiger partial charge in [-0.1, -0.05) is 12.8 Å². The topological polar surface area (TPSA) is 111 Å². The first-order chi connectivity index (χ1) is 20.6. The van der Waals surface area contributed by atoms with Crippen LogP contribution >= 0.6 is 0 Å². The summed E-state index contributed by atoms with van der Waals surface area (Å²) in [6, 6.07) is 9.24. The van der Waals surface area contributed by atoms with Crippen molar-refractivity contribution in [3.8, 4) is 17.3 Å². The Kier molecular flexibility index (Phi) is 6.97. The van der Waals surface area contributed by atoms with Crippen molar-refractivity contribution in [1.29, 1.82) is 0 Å². The van der Waals surface area contributed by atoms with E-state index in [1.54, 1.807) is 19.2 Å². The highest BCUT2D eigenvalue weighted by Crippen LogP contribution is 2.42. The molecule has 4 heterocycles. The van der Waals surface area contributed by atoms with E-state index in [9.17, 15) is 14.3 Å². The Labute approximate surface area is 250 Å². The van der Waals surface area contributed by atoms with Gasteiger partial charge in [0.1, 0.15) is 28.7 Å². The summed E-state index contributed by atoms with van der Waals surface area (Å²) in [4.78, 5) is 25.1. The first-order valence-corrected chi connectivity index (χ1v) is 15.6. The molecule has 1 amide bonds. The Bertz CT molecular complexity index is 1690. The quantitative estimate of drug-likeness (QED) is 0.317. The van der Waals surface area contributed by atoms with Gasteiger partial charge in [0.2, 0.25) is 0 Å². The lowest BCUT2D eigenvalue weighted by molar-refractivity contribution is -0.00711. The third-order valence-corrected chi connectivity index (χ3v) is 9.90.